The fraction of sp³-hybridized carbons (Fsp3) is 0.750. The number of nitro groups is 1. The van der Waals surface area contributed by atoms with Gasteiger partial charge in [-0.05, 0) is 32.1 Å². The van der Waals surface area contributed by atoms with Gasteiger partial charge in [-0.15, -0.1) is 0 Å². The molecule has 1 N–H and O–H groups in total. The average molecular weight is 268 g/mol. The first kappa shape index (κ1) is 13.8. The molecule has 1 aromatic heterocycles. The average Bonchev–Trinajstić information content (AvgIpc) is 2.65. The van der Waals surface area contributed by atoms with E-state index in [1.54, 1.807) is 18.7 Å². The van der Waals surface area contributed by atoms with Crippen molar-refractivity contribution in [1.82, 2.24) is 9.78 Å². The fourth-order valence-electron chi connectivity index (χ4n) is 2.88. The minimum Gasteiger partial charge on any atom is -0.396 e. The van der Waals surface area contributed by atoms with Gasteiger partial charge in [0.05, 0.1) is 4.92 Å². The van der Waals surface area contributed by atoms with E-state index in [9.17, 15) is 10.1 Å². The van der Waals surface area contributed by atoms with Crippen molar-refractivity contribution in [1.29, 1.82) is 0 Å². The van der Waals surface area contributed by atoms with Gasteiger partial charge in [-0.2, -0.15) is 5.10 Å². The normalized spacial score (nSPS) is 19.7. The quantitative estimate of drug-likeness (QED) is 0.656. The van der Waals surface area contributed by atoms with E-state index in [1.807, 2.05) is 4.90 Å². The molecule has 1 aromatic rings. The van der Waals surface area contributed by atoms with Crippen molar-refractivity contribution < 1.29 is 10.0 Å². The van der Waals surface area contributed by atoms with Gasteiger partial charge in [0.1, 0.15) is 5.69 Å². The van der Waals surface area contributed by atoms with Gasteiger partial charge in [0.15, 0.2) is 0 Å². The molecule has 0 bridgehead atoms. The number of aromatic nitrogens is 2. The molecule has 0 saturated carbocycles. The van der Waals surface area contributed by atoms with Gasteiger partial charge < -0.3 is 10.0 Å². The van der Waals surface area contributed by atoms with E-state index >= 15 is 0 Å². The summed E-state index contributed by atoms with van der Waals surface area (Å²) in [7, 11) is 1.74. The largest absolute Gasteiger partial charge is 0.396 e. The molecule has 2 heterocycles. The van der Waals surface area contributed by atoms with Crippen molar-refractivity contribution in [2.45, 2.75) is 26.2 Å². The second-order valence-electron chi connectivity index (χ2n) is 5.10. The van der Waals surface area contributed by atoms with Crippen LogP contribution in [-0.4, -0.2) is 39.5 Å². The zero-order valence-electron chi connectivity index (χ0n) is 11.4. The van der Waals surface area contributed by atoms with Crippen LogP contribution < -0.4 is 4.90 Å². The van der Waals surface area contributed by atoms with Crippen LogP contribution in [0.25, 0.3) is 0 Å². The van der Waals surface area contributed by atoms with Gasteiger partial charge in [0.25, 0.3) is 0 Å². The molecule has 19 heavy (non-hydrogen) atoms. The number of rotatable bonds is 4. The maximum Gasteiger partial charge on any atom is 0.333 e. The second kappa shape index (κ2) is 5.56. The Morgan fingerprint density at radius 2 is 2.32 bits per heavy atom. The molecule has 0 spiro atoms. The number of nitrogens with zero attached hydrogens (tertiary/aromatic N) is 4. The van der Waals surface area contributed by atoms with E-state index < -0.39 is 0 Å². The number of aryl methyl sites for hydroxylation is 2. The van der Waals surface area contributed by atoms with E-state index in [4.69, 9.17) is 5.11 Å². The van der Waals surface area contributed by atoms with Crippen LogP contribution in [0, 0.1) is 23.0 Å². The van der Waals surface area contributed by atoms with E-state index in [-0.39, 0.29) is 17.2 Å². The van der Waals surface area contributed by atoms with Gasteiger partial charge in [-0.3, -0.25) is 10.1 Å². The molecule has 1 fully saturated rings. The first-order valence-electron chi connectivity index (χ1n) is 6.58. The number of aliphatic hydroxyl groups excluding tert-OH is 1. The zero-order valence-corrected chi connectivity index (χ0v) is 11.4. The Balaban J connectivity index is 2.28. The molecule has 2 rings (SSSR count). The zero-order chi connectivity index (χ0) is 14.0. The third-order valence-corrected chi connectivity index (χ3v) is 3.70. The fourth-order valence-corrected chi connectivity index (χ4v) is 2.88. The van der Waals surface area contributed by atoms with Crippen LogP contribution in [0.3, 0.4) is 0 Å². The molecule has 0 aromatic carbocycles. The summed E-state index contributed by atoms with van der Waals surface area (Å²) < 4.78 is 1.59. The third-order valence-electron chi connectivity index (χ3n) is 3.70. The monoisotopic (exact) mass is 268 g/mol. The Morgan fingerprint density at radius 1 is 1.58 bits per heavy atom. The highest BCUT2D eigenvalue weighted by atomic mass is 16.6. The lowest BCUT2D eigenvalue weighted by Crippen LogP contribution is -2.37. The maximum absolute atomic E-state index is 11.2. The number of aliphatic hydroxyl groups is 1. The van der Waals surface area contributed by atoms with Crippen LogP contribution in [0.2, 0.25) is 0 Å². The molecule has 0 amide bonds. The van der Waals surface area contributed by atoms with Crippen molar-refractivity contribution in [3.05, 3.63) is 15.8 Å². The lowest BCUT2D eigenvalue weighted by Gasteiger charge is -2.33. The van der Waals surface area contributed by atoms with Crippen molar-refractivity contribution >= 4 is 11.5 Å². The van der Waals surface area contributed by atoms with Gasteiger partial charge >= 0.3 is 5.69 Å². The topological polar surface area (TPSA) is 84.4 Å². The highest BCUT2D eigenvalue weighted by Gasteiger charge is 2.31. The summed E-state index contributed by atoms with van der Waals surface area (Å²) in [5, 5.41) is 24.4. The first-order valence-corrected chi connectivity index (χ1v) is 6.58. The summed E-state index contributed by atoms with van der Waals surface area (Å²) in [5.41, 5.74) is 0.555. The SMILES string of the molecule is Cc1nn(C)c(N2CCCC(CCO)C2)c1[N+](=O)[O-]. The van der Waals surface area contributed by atoms with Crippen molar-refractivity contribution in [2.24, 2.45) is 13.0 Å². The summed E-state index contributed by atoms with van der Waals surface area (Å²) in [4.78, 5) is 12.9. The van der Waals surface area contributed by atoms with Crippen LogP contribution in [0.5, 0.6) is 0 Å². The molecule has 1 unspecified atom stereocenters. The van der Waals surface area contributed by atoms with E-state index in [0.29, 0.717) is 17.4 Å². The molecule has 1 saturated heterocycles. The summed E-state index contributed by atoms with van der Waals surface area (Å²) in [6, 6.07) is 0. The smallest absolute Gasteiger partial charge is 0.333 e. The molecule has 1 aliphatic rings. The first-order chi connectivity index (χ1) is 9.04. The van der Waals surface area contributed by atoms with Crippen LogP contribution >= 0.6 is 0 Å². The number of piperidine rings is 1. The van der Waals surface area contributed by atoms with E-state index in [1.165, 1.54) is 0 Å². The molecular formula is C12H20N4O3. The van der Waals surface area contributed by atoms with Crippen molar-refractivity contribution in [3.8, 4) is 0 Å². The Hall–Kier alpha value is -1.63. The number of hydrogen-bond donors (Lipinski definition) is 1. The molecule has 0 radical (unpaired) electrons. The molecular weight excluding hydrogens is 248 g/mol. The number of hydrogen-bond acceptors (Lipinski definition) is 5. The Kier molecular flexibility index (Phi) is 4.04. The predicted molar refractivity (Wildman–Crippen MR) is 71.2 cm³/mol. The van der Waals surface area contributed by atoms with Crippen LogP contribution in [-0.2, 0) is 7.05 Å². The van der Waals surface area contributed by atoms with Crippen LogP contribution in [0.4, 0.5) is 11.5 Å². The number of anilines is 1. The van der Waals surface area contributed by atoms with Gasteiger partial charge in [0.2, 0.25) is 5.82 Å². The maximum atomic E-state index is 11.2. The lowest BCUT2D eigenvalue weighted by molar-refractivity contribution is -0.384. The van der Waals surface area contributed by atoms with Crippen molar-refractivity contribution in [2.75, 3.05) is 24.6 Å². The summed E-state index contributed by atoms with van der Waals surface area (Å²) in [6.45, 7) is 3.39. The molecule has 1 aliphatic heterocycles. The van der Waals surface area contributed by atoms with E-state index in [0.717, 1.165) is 32.4 Å². The summed E-state index contributed by atoms with van der Waals surface area (Å²) >= 11 is 0. The molecule has 7 heteroatoms. The lowest BCUT2D eigenvalue weighted by atomic mass is 9.95. The molecule has 7 nitrogen and oxygen atoms in total. The van der Waals surface area contributed by atoms with E-state index in [2.05, 4.69) is 5.10 Å². The highest BCUT2D eigenvalue weighted by molar-refractivity contribution is 5.61. The second-order valence-corrected chi connectivity index (χ2v) is 5.10. The van der Waals surface area contributed by atoms with Gasteiger partial charge in [-0.1, -0.05) is 0 Å². The van der Waals surface area contributed by atoms with Crippen molar-refractivity contribution in [3.63, 3.8) is 0 Å². The molecule has 0 aliphatic carbocycles. The van der Waals surface area contributed by atoms with Crippen LogP contribution in [0.15, 0.2) is 0 Å². The molecule has 106 valence electrons. The minimum absolute atomic E-state index is 0.104. The minimum atomic E-state index is -0.354. The van der Waals surface area contributed by atoms with Gasteiger partial charge in [0, 0.05) is 26.7 Å². The summed E-state index contributed by atoms with van der Waals surface area (Å²) in [6.07, 6.45) is 2.81. The predicted octanol–water partition coefficient (Wildman–Crippen LogP) is 1.24. The summed E-state index contributed by atoms with van der Waals surface area (Å²) in [5.74, 6) is 0.985. The Labute approximate surface area is 112 Å². The molecule has 1 atom stereocenters. The van der Waals surface area contributed by atoms with Crippen LogP contribution in [0.1, 0.15) is 25.0 Å². The standard InChI is InChI=1S/C12H20N4O3/c1-9-11(16(18)19)12(14(2)13-9)15-6-3-4-10(8-15)5-7-17/h10,17H,3-8H2,1-2H3. The Bertz CT molecular complexity index is 470. The van der Waals surface area contributed by atoms with Gasteiger partial charge in [-0.25, -0.2) is 4.68 Å². The highest BCUT2D eigenvalue weighted by Crippen LogP contribution is 2.34. The third kappa shape index (κ3) is 2.70. The Morgan fingerprint density at radius 3 is 2.95 bits per heavy atom.